The zero-order chi connectivity index (χ0) is 11.4. The highest BCUT2D eigenvalue weighted by atomic mass is 16.2. The van der Waals surface area contributed by atoms with Crippen LogP contribution in [0, 0.1) is 5.41 Å². The predicted octanol–water partition coefficient (Wildman–Crippen LogP) is 1.82. The molecule has 0 aromatic carbocycles. The van der Waals surface area contributed by atoms with E-state index in [9.17, 15) is 4.79 Å². The van der Waals surface area contributed by atoms with Gasteiger partial charge in [0.2, 0.25) is 5.91 Å². The third-order valence-electron chi connectivity index (χ3n) is 4.35. The van der Waals surface area contributed by atoms with Crippen molar-refractivity contribution in [2.24, 2.45) is 5.41 Å². The Morgan fingerprint density at radius 2 is 2.12 bits per heavy atom. The molecule has 0 bridgehead atoms. The van der Waals surface area contributed by atoms with Crippen LogP contribution in [0.4, 0.5) is 0 Å². The highest BCUT2D eigenvalue weighted by Crippen LogP contribution is 2.41. The summed E-state index contributed by atoms with van der Waals surface area (Å²) in [4.78, 5) is 12.3. The van der Waals surface area contributed by atoms with Gasteiger partial charge in [0.1, 0.15) is 0 Å². The molecule has 1 aliphatic carbocycles. The van der Waals surface area contributed by atoms with Crippen molar-refractivity contribution >= 4 is 5.91 Å². The quantitative estimate of drug-likeness (QED) is 0.768. The summed E-state index contributed by atoms with van der Waals surface area (Å²) in [6.45, 7) is 4.21. The summed E-state index contributed by atoms with van der Waals surface area (Å²) in [5.74, 6) is 0.321. The molecular weight excluding hydrogens is 200 g/mol. The Labute approximate surface area is 98.4 Å². The Hall–Kier alpha value is -0.570. The molecule has 1 saturated carbocycles. The summed E-state index contributed by atoms with van der Waals surface area (Å²) in [5.41, 5.74) is -0.0303. The zero-order valence-electron chi connectivity index (χ0n) is 10.3. The number of carbonyl (C=O) groups is 1. The van der Waals surface area contributed by atoms with E-state index in [0.717, 1.165) is 38.8 Å². The molecule has 2 N–H and O–H groups in total. The van der Waals surface area contributed by atoms with Crippen molar-refractivity contribution < 1.29 is 4.79 Å². The van der Waals surface area contributed by atoms with Crippen LogP contribution in [-0.2, 0) is 4.79 Å². The predicted molar refractivity (Wildman–Crippen MR) is 65.2 cm³/mol. The molecule has 3 nitrogen and oxygen atoms in total. The second-order valence-corrected chi connectivity index (χ2v) is 5.36. The Balaban J connectivity index is 1.90. The SMILES string of the molecule is CCC1(C(=O)N[C@H]2CCCNC2)CCCC1. The van der Waals surface area contributed by atoms with E-state index in [1.54, 1.807) is 0 Å². The van der Waals surface area contributed by atoms with Gasteiger partial charge < -0.3 is 10.6 Å². The molecule has 1 saturated heterocycles. The van der Waals surface area contributed by atoms with Gasteiger partial charge >= 0.3 is 0 Å². The van der Waals surface area contributed by atoms with E-state index in [0.29, 0.717) is 11.9 Å². The summed E-state index contributed by atoms with van der Waals surface area (Å²) in [5, 5.41) is 6.60. The average molecular weight is 224 g/mol. The topological polar surface area (TPSA) is 41.1 Å². The molecule has 0 radical (unpaired) electrons. The van der Waals surface area contributed by atoms with Gasteiger partial charge in [0, 0.05) is 18.0 Å². The van der Waals surface area contributed by atoms with Crippen LogP contribution in [0.15, 0.2) is 0 Å². The Morgan fingerprint density at radius 3 is 2.69 bits per heavy atom. The minimum absolute atomic E-state index is 0.0303. The Kier molecular flexibility index (Phi) is 3.85. The van der Waals surface area contributed by atoms with Gasteiger partial charge in [-0.15, -0.1) is 0 Å². The zero-order valence-corrected chi connectivity index (χ0v) is 10.3. The average Bonchev–Trinajstić information content (AvgIpc) is 2.80. The van der Waals surface area contributed by atoms with Crippen LogP contribution in [0.25, 0.3) is 0 Å². The number of nitrogens with one attached hydrogen (secondary N) is 2. The van der Waals surface area contributed by atoms with Crippen molar-refractivity contribution in [2.45, 2.75) is 57.9 Å². The van der Waals surface area contributed by atoms with Crippen LogP contribution >= 0.6 is 0 Å². The second kappa shape index (κ2) is 5.17. The molecule has 0 aromatic rings. The summed E-state index contributed by atoms with van der Waals surface area (Å²) in [7, 11) is 0. The molecular formula is C13H24N2O. The molecule has 1 aliphatic heterocycles. The lowest BCUT2D eigenvalue weighted by Crippen LogP contribution is -2.50. The van der Waals surface area contributed by atoms with E-state index in [4.69, 9.17) is 0 Å². The maximum absolute atomic E-state index is 12.3. The minimum atomic E-state index is -0.0303. The van der Waals surface area contributed by atoms with Gasteiger partial charge in [0.05, 0.1) is 0 Å². The molecule has 92 valence electrons. The van der Waals surface area contributed by atoms with Gasteiger partial charge in [-0.25, -0.2) is 0 Å². The lowest BCUT2D eigenvalue weighted by atomic mass is 9.82. The van der Waals surface area contributed by atoms with Crippen molar-refractivity contribution in [3.8, 4) is 0 Å². The van der Waals surface area contributed by atoms with Crippen LogP contribution in [0.2, 0.25) is 0 Å². The van der Waals surface area contributed by atoms with Gasteiger partial charge in [-0.3, -0.25) is 4.79 Å². The fraction of sp³-hybridized carbons (Fsp3) is 0.923. The van der Waals surface area contributed by atoms with Crippen molar-refractivity contribution in [3.63, 3.8) is 0 Å². The number of hydrogen-bond donors (Lipinski definition) is 2. The Bertz CT molecular complexity index is 240. The molecule has 2 fully saturated rings. The lowest BCUT2D eigenvalue weighted by Gasteiger charge is -2.31. The van der Waals surface area contributed by atoms with Gasteiger partial charge in [-0.2, -0.15) is 0 Å². The first-order valence-corrected chi connectivity index (χ1v) is 6.78. The molecule has 16 heavy (non-hydrogen) atoms. The normalized spacial score (nSPS) is 28.9. The van der Waals surface area contributed by atoms with E-state index in [2.05, 4.69) is 17.6 Å². The maximum Gasteiger partial charge on any atom is 0.226 e. The van der Waals surface area contributed by atoms with Crippen LogP contribution < -0.4 is 10.6 Å². The van der Waals surface area contributed by atoms with Gasteiger partial charge in [-0.1, -0.05) is 19.8 Å². The van der Waals surface area contributed by atoms with Crippen LogP contribution in [0.3, 0.4) is 0 Å². The van der Waals surface area contributed by atoms with Crippen LogP contribution in [0.1, 0.15) is 51.9 Å². The monoisotopic (exact) mass is 224 g/mol. The number of carbonyl (C=O) groups excluding carboxylic acids is 1. The summed E-state index contributed by atoms with van der Waals surface area (Å²) in [6, 6.07) is 0.366. The largest absolute Gasteiger partial charge is 0.352 e. The van der Waals surface area contributed by atoms with Gasteiger partial charge in [0.25, 0.3) is 0 Å². The molecule has 0 spiro atoms. The van der Waals surface area contributed by atoms with Crippen LogP contribution in [0.5, 0.6) is 0 Å². The molecule has 2 aliphatic rings. The molecule has 1 heterocycles. The van der Waals surface area contributed by atoms with E-state index in [-0.39, 0.29) is 5.41 Å². The third kappa shape index (κ3) is 2.40. The van der Waals surface area contributed by atoms with Gasteiger partial charge in [-0.05, 0) is 38.6 Å². The van der Waals surface area contributed by atoms with E-state index >= 15 is 0 Å². The Morgan fingerprint density at radius 1 is 1.38 bits per heavy atom. The first-order chi connectivity index (χ1) is 7.77. The fourth-order valence-corrected chi connectivity index (χ4v) is 3.11. The molecule has 0 aromatic heterocycles. The van der Waals surface area contributed by atoms with Crippen molar-refractivity contribution in [2.75, 3.05) is 13.1 Å². The van der Waals surface area contributed by atoms with Crippen molar-refractivity contribution in [3.05, 3.63) is 0 Å². The number of hydrogen-bond acceptors (Lipinski definition) is 2. The minimum Gasteiger partial charge on any atom is -0.352 e. The van der Waals surface area contributed by atoms with E-state index in [1.807, 2.05) is 0 Å². The van der Waals surface area contributed by atoms with E-state index in [1.165, 1.54) is 19.3 Å². The van der Waals surface area contributed by atoms with Crippen molar-refractivity contribution in [1.29, 1.82) is 0 Å². The van der Waals surface area contributed by atoms with Crippen molar-refractivity contribution in [1.82, 2.24) is 10.6 Å². The molecule has 1 amide bonds. The summed E-state index contributed by atoms with van der Waals surface area (Å²) < 4.78 is 0. The second-order valence-electron chi connectivity index (χ2n) is 5.36. The standard InChI is InChI=1S/C13H24N2O/c1-2-13(7-3-4-8-13)12(16)15-11-6-5-9-14-10-11/h11,14H,2-10H2,1H3,(H,15,16)/t11-/m0/s1. The summed E-state index contributed by atoms with van der Waals surface area (Å²) in [6.07, 6.45) is 7.96. The molecule has 1 atom stereocenters. The number of amides is 1. The summed E-state index contributed by atoms with van der Waals surface area (Å²) >= 11 is 0. The van der Waals surface area contributed by atoms with Crippen LogP contribution in [-0.4, -0.2) is 25.0 Å². The highest BCUT2D eigenvalue weighted by Gasteiger charge is 2.39. The molecule has 2 rings (SSSR count). The first-order valence-electron chi connectivity index (χ1n) is 6.78. The maximum atomic E-state index is 12.3. The molecule has 0 unspecified atom stereocenters. The lowest BCUT2D eigenvalue weighted by molar-refractivity contribution is -0.131. The third-order valence-corrected chi connectivity index (χ3v) is 4.35. The molecule has 3 heteroatoms. The smallest absolute Gasteiger partial charge is 0.226 e. The fourth-order valence-electron chi connectivity index (χ4n) is 3.11. The highest BCUT2D eigenvalue weighted by molar-refractivity contribution is 5.83. The van der Waals surface area contributed by atoms with E-state index < -0.39 is 0 Å². The van der Waals surface area contributed by atoms with Gasteiger partial charge in [0.15, 0.2) is 0 Å². The number of rotatable bonds is 3. The first kappa shape index (κ1) is 11.9. The number of piperidine rings is 1.